The van der Waals surface area contributed by atoms with E-state index in [0.717, 1.165) is 19.5 Å². The zero-order valence-corrected chi connectivity index (χ0v) is 18.8. The molecule has 1 aromatic heterocycles. The lowest BCUT2D eigenvalue weighted by molar-refractivity contribution is 0.322. The number of guanidine groups is 1. The maximum atomic E-state index is 6.07. The zero-order valence-electron chi connectivity index (χ0n) is 14.2. The number of hydrogen-bond acceptors (Lipinski definition) is 3. The molecule has 0 fully saturated rings. The van der Waals surface area contributed by atoms with Gasteiger partial charge in [-0.1, -0.05) is 34.8 Å². The molecule has 0 saturated carbocycles. The van der Waals surface area contributed by atoms with Crippen molar-refractivity contribution in [3.05, 3.63) is 45.9 Å². The fraction of sp³-hybridized carbons (Fsp3) is 0.375. The van der Waals surface area contributed by atoms with E-state index in [4.69, 9.17) is 39.5 Å². The molecule has 1 aromatic carbocycles. The number of aryl methyl sites for hydroxylation is 1. The molecule has 0 saturated heterocycles. The first-order valence-electron chi connectivity index (χ1n) is 7.77. The average Bonchev–Trinajstić information content (AvgIpc) is 3.08. The number of benzene rings is 1. The fourth-order valence-electron chi connectivity index (χ4n) is 2.10. The standard InChI is InChI=1S/C16H20Cl3N5O.HI/c1-20-16(22-3-2-6-24-7-4-21-11-24)23-5-8-25-15-13(18)9-12(17)10-14(15)19;/h4,7,9-11H,2-3,5-6,8H2,1H3,(H2,20,22,23);1H. The molecule has 0 bridgehead atoms. The molecule has 2 aromatic rings. The molecule has 2 rings (SSSR count). The van der Waals surface area contributed by atoms with Crippen molar-refractivity contribution in [1.82, 2.24) is 20.2 Å². The Hall–Kier alpha value is -0.900. The van der Waals surface area contributed by atoms with Crippen molar-refractivity contribution in [2.75, 3.05) is 26.7 Å². The van der Waals surface area contributed by atoms with E-state index in [1.807, 2.05) is 10.8 Å². The van der Waals surface area contributed by atoms with Crippen molar-refractivity contribution in [1.29, 1.82) is 0 Å². The van der Waals surface area contributed by atoms with Crippen LogP contribution in [0.5, 0.6) is 5.75 Å². The van der Waals surface area contributed by atoms with Crippen LogP contribution >= 0.6 is 58.8 Å². The highest BCUT2D eigenvalue weighted by Gasteiger charge is 2.09. The Morgan fingerprint density at radius 3 is 2.50 bits per heavy atom. The summed E-state index contributed by atoms with van der Waals surface area (Å²) in [5.74, 6) is 1.14. The van der Waals surface area contributed by atoms with Gasteiger partial charge in [0, 0.05) is 37.6 Å². The molecular formula is C16H21Cl3IN5O. The Kier molecular flexibility index (Phi) is 11.1. The number of ether oxygens (including phenoxy) is 1. The van der Waals surface area contributed by atoms with Gasteiger partial charge in [0.2, 0.25) is 0 Å². The Morgan fingerprint density at radius 1 is 1.19 bits per heavy atom. The number of hydrogen-bond donors (Lipinski definition) is 2. The molecule has 1 heterocycles. The van der Waals surface area contributed by atoms with Crippen LogP contribution in [0, 0.1) is 0 Å². The predicted molar refractivity (Wildman–Crippen MR) is 119 cm³/mol. The van der Waals surface area contributed by atoms with Gasteiger partial charge in [-0.25, -0.2) is 4.98 Å². The fourth-order valence-corrected chi connectivity index (χ4v) is 3.02. The molecule has 10 heteroatoms. The molecule has 0 spiro atoms. The zero-order chi connectivity index (χ0) is 18.1. The van der Waals surface area contributed by atoms with Crippen LogP contribution in [0.15, 0.2) is 35.8 Å². The summed E-state index contributed by atoms with van der Waals surface area (Å²) in [7, 11) is 1.72. The van der Waals surface area contributed by atoms with Crippen LogP contribution < -0.4 is 15.4 Å². The van der Waals surface area contributed by atoms with E-state index in [0.29, 0.717) is 39.9 Å². The molecule has 6 nitrogen and oxygen atoms in total. The van der Waals surface area contributed by atoms with E-state index in [1.165, 1.54) is 0 Å². The topological polar surface area (TPSA) is 63.5 Å². The lowest BCUT2D eigenvalue weighted by atomic mass is 10.3. The van der Waals surface area contributed by atoms with Crippen LogP contribution in [0.25, 0.3) is 0 Å². The number of aliphatic imine (C=N–C) groups is 1. The molecule has 0 aliphatic rings. The minimum atomic E-state index is 0. The largest absolute Gasteiger partial charge is 0.489 e. The molecule has 26 heavy (non-hydrogen) atoms. The molecule has 0 radical (unpaired) electrons. The molecule has 0 atom stereocenters. The van der Waals surface area contributed by atoms with Crippen LogP contribution in [0.4, 0.5) is 0 Å². The van der Waals surface area contributed by atoms with Gasteiger partial charge in [0.15, 0.2) is 11.7 Å². The van der Waals surface area contributed by atoms with Crippen molar-refractivity contribution in [2.24, 2.45) is 4.99 Å². The van der Waals surface area contributed by atoms with Crippen LogP contribution in [-0.2, 0) is 6.54 Å². The second-order valence-corrected chi connectivity index (χ2v) is 6.38. The van der Waals surface area contributed by atoms with Gasteiger partial charge in [0.1, 0.15) is 6.61 Å². The smallest absolute Gasteiger partial charge is 0.191 e. The lowest BCUT2D eigenvalue weighted by Gasteiger charge is -2.14. The summed E-state index contributed by atoms with van der Waals surface area (Å²) >= 11 is 18.0. The van der Waals surface area contributed by atoms with E-state index in [-0.39, 0.29) is 24.0 Å². The third-order valence-corrected chi connectivity index (χ3v) is 4.05. The van der Waals surface area contributed by atoms with Crippen molar-refractivity contribution >= 4 is 64.7 Å². The summed E-state index contributed by atoms with van der Waals surface area (Å²) in [4.78, 5) is 8.17. The van der Waals surface area contributed by atoms with Crippen LogP contribution in [-0.4, -0.2) is 42.3 Å². The van der Waals surface area contributed by atoms with E-state index in [1.54, 1.807) is 31.7 Å². The minimum absolute atomic E-state index is 0. The summed E-state index contributed by atoms with van der Waals surface area (Å²) in [6, 6.07) is 3.19. The normalized spacial score (nSPS) is 11.0. The van der Waals surface area contributed by atoms with Crippen molar-refractivity contribution in [3.63, 3.8) is 0 Å². The Bertz CT molecular complexity index is 674. The van der Waals surface area contributed by atoms with Gasteiger partial charge in [-0.05, 0) is 18.6 Å². The second kappa shape index (κ2) is 12.5. The SMILES string of the molecule is CN=C(NCCCn1ccnc1)NCCOc1c(Cl)cc(Cl)cc1Cl.I. The van der Waals surface area contributed by atoms with Gasteiger partial charge in [-0.15, -0.1) is 24.0 Å². The summed E-state index contributed by atoms with van der Waals surface area (Å²) in [5, 5.41) is 7.66. The highest BCUT2D eigenvalue weighted by molar-refractivity contribution is 14.0. The molecule has 0 aliphatic carbocycles. The highest BCUT2D eigenvalue weighted by Crippen LogP contribution is 2.35. The lowest BCUT2D eigenvalue weighted by Crippen LogP contribution is -2.39. The Labute approximate surface area is 185 Å². The van der Waals surface area contributed by atoms with E-state index < -0.39 is 0 Å². The van der Waals surface area contributed by atoms with E-state index in [2.05, 4.69) is 20.6 Å². The van der Waals surface area contributed by atoms with Gasteiger partial charge < -0.3 is 19.9 Å². The quantitative estimate of drug-likeness (QED) is 0.233. The van der Waals surface area contributed by atoms with E-state index >= 15 is 0 Å². The average molecular weight is 533 g/mol. The van der Waals surface area contributed by atoms with Crippen LogP contribution in [0.1, 0.15) is 6.42 Å². The molecular weight excluding hydrogens is 511 g/mol. The molecule has 0 amide bonds. The van der Waals surface area contributed by atoms with Gasteiger partial charge in [0.25, 0.3) is 0 Å². The molecule has 144 valence electrons. The first kappa shape index (κ1) is 23.1. The number of nitrogens with zero attached hydrogens (tertiary/aromatic N) is 3. The summed E-state index contributed by atoms with van der Waals surface area (Å²) in [6.45, 7) is 2.64. The first-order chi connectivity index (χ1) is 12.1. The minimum Gasteiger partial charge on any atom is -0.489 e. The second-order valence-electron chi connectivity index (χ2n) is 5.13. The first-order valence-corrected chi connectivity index (χ1v) is 8.91. The van der Waals surface area contributed by atoms with Gasteiger partial charge in [-0.2, -0.15) is 0 Å². The van der Waals surface area contributed by atoms with Crippen molar-refractivity contribution in [2.45, 2.75) is 13.0 Å². The summed E-state index contributed by atoms with van der Waals surface area (Å²) < 4.78 is 7.65. The van der Waals surface area contributed by atoms with Crippen LogP contribution in [0.3, 0.4) is 0 Å². The third kappa shape index (κ3) is 7.77. The van der Waals surface area contributed by atoms with Gasteiger partial charge >= 0.3 is 0 Å². The summed E-state index contributed by atoms with van der Waals surface area (Å²) in [6.07, 6.45) is 6.48. The monoisotopic (exact) mass is 531 g/mol. The van der Waals surface area contributed by atoms with Gasteiger partial charge in [0.05, 0.1) is 22.9 Å². The maximum Gasteiger partial charge on any atom is 0.191 e. The van der Waals surface area contributed by atoms with Gasteiger partial charge in [-0.3, -0.25) is 4.99 Å². The summed E-state index contributed by atoms with van der Waals surface area (Å²) in [5.41, 5.74) is 0. The molecule has 2 N–H and O–H groups in total. The Balaban J connectivity index is 0.00000338. The maximum absolute atomic E-state index is 6.07. The number of imidazole rings is 1. The van der Waals surface area contributed by atoms with Crippen LogP contribution in [0.2, 0.25) is 15.1 Å². The number of nitrogens with one attached hydrogen (secondary N) is 2. The number of halogens is 4. The van der Waals surface area contributed by atoms with E-state index in [9.17, 15) is 0 Å². The number of aromatic nitrogens is 2. The molecule has 0 aliphatic heterocycles. The van der Waals surface area contributed by atoms with Crippen molar-refractivity contribution < 1.29 is 4.74 Å². The number of rotatable bonds is 8. The molecule has 0 unspecified atom stereocenters. The highest BCUT2D eigenvalue weighted by atomic mass is 127. The van der Waals surface area contributed by atoms with Crippen molar-refractivity contribution in [3.8, 4) is 5.75 Å². The third-order valence-electron chi connectivity index (χ3n) is 3.27. The Morgan fingerprint density at radius 2 is 1.88 bits per heavy atom. The predicted octanol–water partition coefficient (Wildman–Crippen LogP) is 4.10.